The summed E-state index contributed by atoms with van der Waals surface area (Å²) in [6, 6.07) is 3.21. The molecule has 23 heavy (non-hydrogen) atoms. The van der Waals surface area contributed by atoms with E-state index in [1.54, 1.807) is 12.1 Å². The Bertz CT molecular complexity index is 520. The highest BCUT2D eigenvalue weighted by Crippen LogP contribution is 2.39. The molecule has 2 N–H and O–H groups in total. The van der Waals surface area contributed by atoms with Crippen molar-refractivity contribution in [1.82, 2.24) is 5.32 Å². The highest BCUT2D eigenvalue weighted by Gasteiger charge is 2.15. The lowest BCUT2D eigenvalue weighted by Gasteiger charge is -2.14. The predicted molar refractivity (Wildman–Crippen MR) is 87.3 cm³/mol. The number of methoxy groups -OCH3 is 3. The molecule has 0 aromatic heterocycles. The van der Waals surface area contributed by atoms with Gasteiger partial charge in [-0.1, -0.05) is 13.3 Å². The van der Waals surface area contributed by atoms with Gasteiger partial charge in [0.25, 0.3) is 0 Å². The maximum atomic E-state index is 11.9. The van der Waals surface area contributed by atoms with Crippen LogP contribution < -0.4 is 24.8 Å². The lowest BCUT2D eigenvalue weighted by atomic mass is 10.2. The van der Waals surface area contributed by atoms with E-state index in [0.717, 1.165) is 12.8 Å². The second-order valence-corrected chi connectivity index (χ2v) is 4.84. The quantitative estimate of drug-likeness (QED) is 0.536. The normalized spacial score (nSPS) is 9.91. The van der Waals surface area contributed by atoms with Gasteiger partial charge in [-0.2, -0.15) is 0 Å². The van der Waals surface area contributed by atoms with Gasteiger partial charge in [-0.05, 0) is 6.42 Å². The third-order valence-electron chi connectivity index (χ3n) is 3.12. The number of hydrogen-bond acceptors (Lipinski definition) is 5. The van der Waals surface area contributed by atoms with Gasteiger partial charge < -0.3 is 24.8 Å². The first-order valence-corrected chi connectivity index (χ1v) is 7.42. The molecule has 1 aromatic carbocycles. The summed E-state index contributed by atoms with van der Waals surface area (Å²) in [5, 5.41) is 5.34. The van der Waals surface area contributed by atoms with Crippen molar-refractivity contribution in [3.05, 3.63) is 12.1 Å². The zero-order valence-corrected chi connectivity index (χ0v) is 14.0. The summed E-state index contributed by atoms with van der Waals surface area (Å²) in [5.74, 6) is 0.575. The van der Waals surface area contributed by atoms with Gasteiger partial charge in [0.2, 0.25) is 17.6 Å². The van der Waals surface area contributed by atoms with Crippen molar-refractivity contribution >= 4 is 17.5 Å². The maximum Gasteiger partial charge on any atom is 0.233 e. The topological polar surface area (TPSA) is 85.9 Å². The Morgan fingerprint density at radius 1 is 1.00 bits per heavy atom. The molecule has 128 valence electrons. The lowest BCUT2D eigenvalue weighted by Crippen LogP contribution is -2.28. The molecule has 0 fully saturated rings. The van der Waals surface area contributed by atoms with E-state index in [2.05, 4.69) is 10.6 Å². The first kappa shape index (κ1) is 18.6. The van der Waals surface area contributed by atoms with Crippen molar-refractivity contribution < 1.29 is 23.8 Å². The molecule has 0 saturated carbocycles. The summed E-state index contributed by atoms with van der Waals surface area (Å²) < 4.78 is 15.6. The Kier molecular flexibility index (Phi) is 7.73. The van der Waals surface area contributed by atoms with Crippen LogP contribution in [0.3, 0.4) is 0 Å². The second kappa shape index (κ2) is 9.55. The third kappa shape index (κ3) is 5.69. The predicted octanol–water partition coefficient (Wildman–Crippen LogP) is 1.96. The average Bonchev–Trinajstić information content (AvgIpc) is 2.53. The minimum atomic E-state index is -0.409. The van der Waals surface area contributed by atoms with Crippen LogP contribution in [-0.4, -0.2) is 39.7 Å². The fraction of sp³-hybridized carbons (Fsp3) is 0.500. The number of anilines is 1. The van der Waals surface area contributed by atoms with Crippen LogP contribution >= 0.6 is 0 Å². The standard InChI is InChI=1S/C16H24N2O5/c1-5-6-7-17-14(19)10-15(20)18-11-8-12(21-2)16(23-4)13(9-11)22-3/h8-9H,5-7,10H2,1-4H3,(H,17,19)(H,18,20). The number of carbonyl (C=O) groups is 2. The summed E-state index contributed by atoms with van der Waals surface area (Å²) in [6.07, 6.45) is 1.64. The Balaban J connectivity index is 2.72. The van der Waals surface area contributed by atoms with Gasteiger partial charge in [0.1, 0.15) is 6.42 Å². The second-order valence-electron chi connectivity index (χ2n) is 4.84. The van der Waals surface area contributed by atoms with Crippen LogP contribution in [0.1, 0.15) is 26.2 Å². The molecule has 1 rings (SSSR count). The summed E-state index contributed by atoms with van der Waals surface area (Å²) >= 11 is 0. The molecule has 0 unspecified atom stereocenters. The zero-order valence-electron chi connectivity index (χ0n) is 14.0. The molecule has 0 radical (unpaired) electrons. The monoisotopic (exact) mass is 324 g/mol. The summed E-state index contributed by atoms with van der Waals surface area (Å²) in [4.78, 5) is 23.5. The third-order valence-corrected chi connectivity index (χ3v) is 3.12. The van der Waals surface area contributed by atoms with Crippen LogP contribution in [0, 0.1) is 0 Å². The van der Waals surface area contributed by atoms with Crippen molar-refractivity contribution in [2.24, 2.45) is 0 Å². The van der Waals surface area contributed by atoms with Gasteiger partial charge in [0.15, 0.2) is 11.5 Å². The van der Waals surface area contributed by atoms with Crippen LogP contribution in [0.2, 0.25) is 0 Å². The smallest absolute Gasteiger partial charge is 0.233 e. The van der Waals surface area contributed by atoms with Gasteiger partial charge in [0.05, 0.1) is 21.3 Å². The lowest BCUT2D eigenvalue weighted by molar-refractivity contribution is -0.126. The summed E-state index contributed by atoms with van der Waals surface area (Å²) in [7, 11) is 4.48. The Morgan fingerprint density at radius 3 is 2.09 bits per heavy atom. The molecule has 0 aliphatic carbocycles. The number of rotatable bonds is 9. The maximum absolute atomic E-state index is 11.9. The number of nitrogens with one attached hydrogen (secondary N) is 2. The van der Waals surface area contributed by atoms with E-state index in [1.165, 1.54) is 21.3 Å². The first-order chi connectivity index (χ1) is 11.0. The number of amides is 2. The molecule has 0 aliphatic rings. The molecule has 0 spiro atoms. The Morgan fingerprint density at radius 2 is 1.61 bits per heavy atom. The van der Waals surface area contributed by atoms with E-state index in [9.17, 15) is 9.59 Å². The van der Waals surface area contributed by atoms with Gasteiger partial charge in [0, 0.05) is 24.4 Å². The van der Waals surface area contributed by atoms with Crippen molar-refractivity contribution in [2.75, 3.05) is 33.2 Å². The van der Waals surface area contributed by atoms with Gasteiger partial charge in [-0.15, -0.1) is 0 Å². The Labute approximate surface area is 136 Å². The van der Waals surface area contributed by atoms with Gasteiger partial charge >= 0.3 is 0 Å². The highest BCUT2D eigenvalue weighted by molar-refractivity contribution is 6.03. The molecule has 0 bridgehead atoms. The van der Waals surface area contributed by atoms with Crippen LogP contribution in [0.4, 0.5) is 5.69 Å². The molecular weight excluding hydrogens is 300 g/mol. The Hall–Kier alpha value is -2.44. The van der Waals surface area contributed by atoms with Crippen molar-refractivity contribution in [3.8, 4) is 17.2 Å². The number of unbranched alkanes of at least 4 members (excludes halogenated alkanes) is 1. The SMILES string of the molecule is CCCCNC(=O)CC(=O)Nc1cc(OC)c(OC)c(OC)c1. The molecule has 0 heterocycles. The van der Waals surface area contributed by atoms with E-state index < -0.39 is 5.91 Å². The number of hydrogen-bond donors (Lipinski definition) is 2. The number of carbonyl (C=O) groups excluding carboxylic acids is 2. The number of ether oxygens (including phenoxy) is 3. The average molecular weight is 324 g/mol. The first-order valence-electron chi connectivity index (χ1n) is 7.42. The molecular formula is C16H24N2O5. The van der Waals surface area contributed by atoms with E-state index in [-0.39, 0.29) is 12.3 Å². The van der Waals surface area contributed by atoms with E-state index in [1.807, 2.05) is 6.92 Å². The highest BCUT2D eigenvalue weighted by atomic mass is 16.5. The van der Waals surface area contributed by atoms with E-state index in [0.29, 0.717) is 29.5 Å². The van der Waals surface area contributed by atoms with Crippen LogP contribution in [0.25, 0.3) is 0 Å². The largest absolute Gasteiger partial charge is 0.493 e. The van der Waals surface area contributed by atoms with Crippen LogP contribution in [-0.2, 0) is 9.59 Å². The van der Waals surface area contributed by atoms with E-state index >= 15 is 0 Å². The minimum Gasteiger partial charge on any atom is -0.493 e. The van der Waals surface area contributed by atoms with Crippen LogP contribution in [0.5, 0.6) is 17.2 Å². The molecule has 7 nitrogen and oxygen atoms in total. The van der Waals surface area contributed by atoms with E-state index in [4.69, 9.17) is 14.2 Å². The number of benzene rings is 1. The van der Waals surface area contributed by atoms with Crippen molar-refractivity contribution in [1.29, 1.82) is 0 Å². The zero-order chi connectivity index (χ0) is 17.2. The molecule has 1 aromatic rings. The summed E-state index contributed by atoms with van der Waals surface area (Å²) in [6.45, 7) is 2.61. The van der Waals surface area contributed by atoms with Gasteiger partial charge in [-0.3, -0.25) is 9.59 Å². The van der Waals surface area contributed by atoms with Crippen molar-refractivity contribution in [2.45, 2.75) is 26.2 Å². The van der Waals surface area contributed by atoms with Gasteiger partial charge in [-0.25, -0.2) is 0 Å². The molecule has 2 amide bonds. The molecule has 0 aliphatic heterocycles. The van der Waals surface area contributed by atoms with Crippen LogP contribution in [0.15, 0.2) is 12.1 Å². The molecule has 0 saturated heterocycles. The summed E-state index contributed by atoms with van der Waals surface area (Å²) in [5.41, 5.74) is 0.464. The minimum absolute atomic E-state index is 0.236. The van der Waals surface area contributed by atoms with Crippen molar-refractivity contribution in [3.63, 3.8) is 0 Å². The molecule has 7 heteroatoms. The fourth-order valence-electron chi connectivity index (χ4n) is 1.97. The fourth-order valence-corrected chi connectivity index (χ4v) is 1.97. The molecule has 0 atom stereocenters.